The zero-order chi connectivity index (χ0) is 41.8. The molecule has 1 unspecified atom stereocenters. The predicted molar refractivity (Wildman–Crippen MR) is 232 cm³/mol. The van der Waals surface area contributed by atoms with Crippen LogP contribution in [0.2, 0.25) is 0 Å². The standard InChI is InChI=1S/C48H46N4O7S/c53-44-30-59-38-23-17-33(18-24-38)28-43(48(57)58)52-46(55)41(27-32-15-21-37(22-16-32)35-10-5-2-6-11-35)50-45(54)40(51-47(56)42(49-44)29-39-12-7-25-60-39)26-31-13-19-36(20-14-31)34-8-3-1-4-9-34/h1-11,13-25,39-43H,12,26-30H2,(H,49,53)(H,50,54)(H,51,56)(H,52,55)(H,57,58)/t39?,40-,41+,42+,43-/m0/s1. The van der Waals surface area contributed by atoms with Gasteiger partial charge in [-0.05, 0) is 69.3 Å². The van der Waals surface area contributed by atoms with E-state index < -0.39 is 53.8 Å². The van der Waals surface area contributed by atoms with Gasteiger partial charge < -0.3 is 31.1 Å². The summed E-state index contributed by atoms with van der Waals surface area (Å²) in [6, 6.07) is 36.7. The molecule has 11 nitrogen and oxygen atoms in total. The molecule has 0 radical (unpaired) electrons. The molecule has 60 heavy (non-hydrogen) atoms. The average Bonchev–Trinajstić information content (AvgIpc) is 3.79. The maximum Gasteiger partial charge on any atom is 0.326 e. The van der Waals surface area contributed by atoms with E-state index in [1.807, 2.05) is 121 Å². The van der Waals surface area contributed by atoms with Gasteiger partial charge in [-0.3, -0.25) is 19.2 Å². The fraction of sp³-hybridized carbons (Fsp3) is 0.229. The van der Waals surface area contributed by atoms with Crippen molar-refractivity contribution in [2.75, 3.05) is 6.61 Å². The van der Waals surface area contributed by atoms with Crippen molar-refractivity contribution in [3.63, 3.8) is 0 Å². The smallest absolute Gasteiger partial charge is 0.326 e. The third-order valence-electron chi connectivity index (χ3n) is 10.5. The van der Waals surface area contributed by atoms with Gasteiger partial charge in [0.25, 0.3) is 5.91 Å². The summed E-state index contributed by atoms with van der Waals surface area (Å²) in [5, 5.41) is 23.5. The Kier molecular flexibility index (Phi) is 13.7. The third-order valence-corrected chi connectivity index (χ3v) is 11.7. The van der Waals surface area contributed by atoms with Crippen molar-refractivity contribution in [2.45, 2.75) is 61.5 Å². The molecular formula is C48H46N4O7S. The van der Waals surface area contributed by atoms with Gasteiger partial charge in [-0.25, -0.2) is 4.79 Å². The Hall–Kier alpha value is -6.66. The van der Waals surface area contributed by atoms with E-state index in [4.69, 9.17) is 4.74 Å². The quantitative estimate of drug-likeness (QED) is 0.115. The summed E-state index contributed by atoms with van der Waals surface area (Å²) in [7, 11) is 0. The van der Waals surface area contributed by atoms with E-state index in [1.165, 1.54) is 0 Å². The van der Waals surface area contributed by atoms with Crippen molar-refractivity contribution in [1.82, 2.24) is 21.3 Å². The van der Waals surface area contributed by atoms with Gasteiger partial charge >= 0.3 is 5.97 Å². The maximum atomic E-state index is 14.5. The van der Waals surface area contributed by atoms with Crippen LogP contribution in [-0.2, 0) is 43.2 Å². The molecule has 12 heteroatoms. The molecule has 3 heterocycles. The van der Waals surface area contributed by atoms with Crippen LogP contribution in [0.3, 0.4) is 0 Å². The van der Waals surface area contributed by atoms with E-state index in [1.54, 1.807) is 36.0 Å². The van der Waals surface area contributed by atoms with Crippen molar-refractivity contribution in [2.24, 2.45) is 0 Å². The molecule has 8 rings (SSSR count). The van der Waals surface area contributed by atoms with Crippen LogP contribution in [0.25, 0.3) is 22.3 Å². The minimum Gasteiger partial charge on any atom is -0.484 e. The second-order valence-corrected chi connectivity index (χ2v) is 16.1. The van der Waals surface area contributed by atoms with Crippen molar-refractivity contribution >= 4 is 41.4 Å². The lowest BCUT2D eigenvalue weighted by molar-refractivity contribution is -0.142. The van der Waals surface area contributed by atoms with Crippen LogP contribution in [0, 0.1) is 0 Å². The lowest BCUT2D eigenvalue weighted by Crippen LogP contribution is -2.59. The van der Waals surface area contributed by atoms with E-state index >= 15 is 0 Å². The molecule has 5 aromatic rings. The first-order valence-corrected chi connectivity index (χ1v) is 20.9. The monoisotopic (exact) mass is 822 g/mol. The highest BCUT2D eigenvalue weighted by molar-refractivity contribution is 8.03. The number of carbonyl (C=O) groups excluding carboxylic acids is 4. The zero-order valence-corrected chi connectivity index (χ0v) is 33.6. The molecule has 3 aliphatic heterocycles. The Bertz CT molecular complexity index is 2300. The van der Waals surface area contributed by atoms with Crippen LogP contribution in [0.1, 0.15) is 29.5 Å². The lowest BCUT2D eigenvalue weighted by Gasteiger charge is -2.27. The van der Waals surface area contributed by atoms with Crippen molar-refractivity contribution in [3.05, 3.63) is 162 Å². The highest BCUT2D eigenvalue weighted by Crippen LogP contribution is 2.28. The largest absolute Gasteiger partial charge is 0.484 e. The van der Waals surface area contributed by atoms with Gasteiger partial charge in [-0.2, -0.15) is 0 Å². The number of hydrogen-bond donors (Lipinski definition) is 5. The molecule has 3 aliphatic rings. The van der Waals surface area contributed by atoms with E-state index in [2.05, 4.69) is 21.3 Å². The normalized spacial score (nSPS) is 21.3. The number of nitrogens with one attached hydrogen (secondary N) is 4. The predicted octanol–water partition coefficient (Wildman–Crippen LogP) is 5.87. The second kappa shape index (κ2) is 19.9. The van der Waals surface area contributed by atoms with Crippen LogP contribution < -0.4 is 26.0 Å². The number of rotatable bonds is 9. The first-order valence-electron chi connectivity index (χ1n) is 19.9. The van der Waals surface area contributed by atoms with Crippen LogP contribution in [0.15, 0.2) is 145 Å². The number of allylic oxidation sites excluding steroid dienone is 1. The maximum absolute atomic E-state index is 14.5. The Morgan fingerprint density at radius 1 is 0.600 bits per heavy atom. The summed E-state index contributed by atoms with van der Waals surface area (Å²) < 4.78 is 5.73. The van der Waals surface area contributed by atoms with Gasteiger partial charge in [0.05, 0.1) is 0 Å². The Morgan fingerprint density at radius 2 is 1.10 bits per heavy atom. The first kappa shape index (κ1) is 41.5. The minimum atomic E-state index is -1.33. The van der Waals surface area contributed by atoms with Crippen molar-refractivity contribution in [1.29, 1.82) is 0 Å². The molecular weight excluding hydrogens is 777 g/mol. The summed E-state index contributed by atoms with van der Waals surface area (Å²) >= 11 is 1.57. The lowest BCUT2D eigenvalue weighted by atomic mass is 9.98. The molecule has 0 aromatic heterocycles. The first-order chi connectivity index (χ1) is 29.2. The molecule has 0 fully saturated rings. The molecule has 4 amide bonds. The third kappa shape index (κ3) is 11.3. The van der Waals surface area contributed by atoms with Gasteiger partial charge in [0, 0.05) is 24.5 Å². The fourth-order valence-corrected chi connectivity index (χ4v) is 8.22. The number of carboxylic acid groups (broad SMARTS) is 1. The number of ether oxygens (including phenoxy) is 1. The number of aliphatic carboxylic acids is 1. The number of carbonyl (C=O) groups is 5. The van der Waals surface area contributed by atoms with Crippen molar-refractivity contribution < 1.29 is 33.8 Å². The van der Waals surface area contributed by atoms with E-state index in [9.17, 15) is 29.1 Å². The summed E-state index contributed by atoms with van der Waals surface area (Å²) in [6.07, 6.45) is 3.05. The van der Waals surface area contributed by atoms with E-state index in [0.29, 0.717) is 24.2 Å². The SMILES string of the molecule is O=C1COc2ccc(cc2)C[C@@H](C(=O)O)NC(=O)[C@@H](Cc2ccc(-c3ccccc3)cc2)NC(=O)[C@H](Cc2ccc(-c3ccccc3)cc2)NC(=O)[C@@H](CC2CC=CS2)N1. The molecule has 5 N–H and O–H groups in total. The Labute approximate surface area is 353 Å². The molecule has 2 bridgehead atoms. The molecule has 0 aliphatic carbocycles. The number of amides is 4. The fourth-order valence-electron chi connectivity index (χ4n) is 7.25. The van der Waals surface area contributed by atoms with Crippen LogP contribution in [-0.4, -0.2) is 70.7 Å². The van der Waals surface area contributed by atoms with Crippen LogP contribution >= 0.6 is 11.8 Å². The van der Waals surface area contributed by atoms with Gasteiger partial charge in [0.2, 0.25) is 17.7 Å². The summed E-state index contributed by atoms with van der Waals surface area (Å²) in [5.74, 6) is -3.33. The number of thioether (sulfide) groups is 1. The second-order valence-electron chi connectivity index (χ2n) is 14.9. The summed E-state index contributed by atoms with van der Waals surface area (Å²) in [4.78, 5) is 68.8. The highest BCUT2D eigenvalue weighted by atomic mass is 32.2. The molecule has 0 spiro atoms. The molecule has 306 valence electrons. The Balaban J connectivity index is 1.21. The zero-order valence-electron chi connectivity index (χ0n) is 32.8. The highest BCUT2D eigenvalue weighted by Gasteiger charge is 2.33. The van der Waals surface area contributed by atoms with E-state index in [-0.39, 0.29) is 31.1 Å². The number of benzene rings is 5. The summed E-state index contributed by atoms with van der Waals surface area (Å²) in [6.45, 7) is -0.376. The number of hydrogen-bond acceptors (Lipinski definition) is 7. The van der Waals surface area contributed by atoms with E-state index in [0.717, 1.165) is 33.4 Å². The number of carboxylic acids is 1. The van der Waals surface area contributed by atoms with Gasteiger partial charge in [-0.15, -0.1) is 11.8 Å². The summed E-state index contributed by atoms with van der Waals surface area (Å²) in [5.41, 5.74) is 6.03. The molecule has 5 atom stereocenters. The topological polar surface area (TPSA) is 163 Å². The minimum absolute atomic E-state index is 0.0254. The number of fused-ring (bicyclic) bond motifs is 16. The van der Waals surface area contributed by atoms with Crippen LogP contribution in [0.5, 0.6) is 5.75 Å². The van der Waals surface area contributed by atoms with Gasteiger partial charge in [0.1, 0.15) is 29.9 Å². The molecule has 0 saturated heterocycles. The van der Waals surface area contributed by atoms with Gasteiger partial charge in [-0.1, -0.05) is 127 Å². The van der Waals surface area contributed by atoms with Crippen LogP contribution in [0.4, 0.5) is 0 Å². The molecule has 5 aromatic carbocycles. The van der Waals surface area contributed by atoms with Gasteiger partial charge in [0.15, 0.2) is 6.61 Å². The average molecular weight is 823 g/mol. The van der Waals surface area contributed by atoms with Crippen molar-refractivity contribution in [3.8, 4) is 28.0 Å². The Morgan fingerprint density at radius 3 is 1.60 bits per heavy atom. The molecule has 0 saturated carbocycles.